The van der Waals surface area contributed by atoms with Crippen LogP contribution in [0.3, 0.4) is 0 Å². The molecular formula is C11H13NO3. The van der Waals surface area contributed by atoms with E-state index in [9.17, 15) is 4.79 Å². The van der Waals surface area contributed by atoms with Gasteiger partial charge in [0, 0.05) is 13.1 Å². The van der Waals surface area contributed by atoms with Gasteiger partial charge in [0.05, 0.1) is 7.11 Å². The molecule has 1 heterocycles. The maximum atomic E-state index is 11.4. The van der Waals surface area contributed by atoms with Crippen LogP contribution in [0.4, 0.5) is 4.79 Å². The first-order chi connectivity index (χ1) is 7.31. The molecule has 1 aromatic carbocycles. The van der Waals surface area contributed by atoms with Crippen LogP contribution in [0, 0.1) is 0 Å². The number of amides is 1. The van der Waals surface area contributed by atoms with E-state index in [2.05, 4.69) is 15.8 Å². The molecule has 0 bridgehead atoms. The number of benzene rings is 1. The van der Waals surface area contributed by atoms with Gasteiger partial charge in [0.15, 0.2) is 0 Å². The summed E-state index contributed by atoms with van der Waals surface area (Å²) in [5.41, 5.74) is 2.48. The van der Waals surface area contributed by atoms with Crippen LogP contribution in [0.15, 0.2) is 24.3 Å². The number of rotatable bonds is 1. The summed E-state index contributed by atoms with van der Waals surface area (Å²) in [7, 11) is 1.33. The van der Waals surface area contributed by atoms with Crippen molar-refractivity contribution in [3.63, 3.8) is 0 Å². The first kappa shape index (κ1) is 9.98. The van der Waals surface area contributed by atoms with Crippen LogP contribution in [0.5, 0.6) is 0 Å². The molecule has 0 fully saturated rings. The third-order valence-electron chi connectivity index (χ3n) is 2.54. The molecule has 15 heavy (non-hydrogen) atoms. The van der Waals surface area contributed by atoms with Crippen molar-refractivity contribution >= 4 is 6.09 Å². The van der Waals surface area contributed by atoms with Crippen molar-refractivity contribution in [1.29, 1.82) is 0 Å². The summed E-state index contributed by atoms with van der Waals surface area (Å²) >= 11 is 0. The van der Waals surface area contributed by atoms with Crippen LogP contribution in [0.1, 0.15) is 11.1 Å². The Bertz CT molecular complexity index is 365. The van der Waals surface area contributed by atoms with E-state index in [1.54, 1.807) is 4.90 Å². The molecule has 80 valence electrons. The van der Waals surface area contributed by atoms with Crippen LogP contribution in [0.2, 0.25) is 0 Å². The highest BCUT2D eigenvalue weighted by atomic mass is 17.2. The number of carbonyl (C=O) groups is 1. The summed E-state index contributed by atoms with van der Waals surface area (Å²) in [6.45, 7) is 1.28. The molecule has 2 rings (SSSR count). The van der Waals surface area contributed by atoms with Crippen LogP contribution in [0.25, 0.3) is 0 Å². The molecule has 1 aromatic rings. The fraction of sp³-hybridized carbons (Fsp3) is 0.364. The van der Waals surface area contributed by atoms with Crippen molar-refractivity contribution in [1.82, 2.24) is 4.90 Å². The van der Waals surface area contributed by atoms with Crippen LogP contribution in [-0.2, 0) is 22.7 Å². The molecule has 1 aliphatic heterocycles. The van der Waals surface area contributed by atoms with Crippen LogP contribution in [-0.4, -0.2) is 24.6 Å². The Hall–Kier alpha value is -1.55. The zero-order chi connectivity index (χ0) is 10.7. The third-order valence-corrected chi connectivity index (χ3v) is 2.54. The molecule has 0 atom stereocenters. The van der Waals surface area contributed by atoms with Crippen molar-refractivity contribution in [2.24, 2.45) is 0 Å². The van der Waals surface area contributed by atoms with Gasteiger partial charge >= 0.3 is 6.09 Å². The highest BCUT2D eigenvalue weighted by Gasteiger charge is 2.21. The highest BCUT2D eigenvalue weighted by molar-refractivity contribution is 5.67. The summed E-state index contributed by atoms with van der Waals surface area (Å²) in [5, 5.41) is 0. The third kappa shape index (κ3) is 2.10. The van der Waals surface area contributed by atoms with Gasteiger partial charge in [-0.2, -0.15) is 4.89 Å². The minimum atomic E-state index is -0.424. The maximum absolute atomic E-state index is 11.4. The maximum Gasteiger partial charge on any atom is 0.441 e. The summed E-state index contributed by atoms with van der Waals surface area (Å²) in [4.78, 5) is 21.9. The smallest absolute Gasteiger partial charge is 0.301 e. The molecule has 0 unspecified atom stereocenters. The molecule has 0 saturated carbocycles. The van der Waals surface area contributed by atoms with E-state index in [-0.39, 0.29) is 0 Å². The van der Waals surface area contributed by atoms with Gasteiger partial charge in [0.2, 0.25) is 0 Å². The summed E-state index contributed by atoms with van der Waals surface area (Å²) in [6.07, 6.45) is 0.446. The van der Waals surface area contributed by atoms with Crippen LogP contribution < -0.4 is 0 Å². The van der Waals surface area contributed by atoms with Gasteiger partial charge < -0.3 is 4.90 Å². The average Bonchev–Trinajstić information content (AvgIpc) is 2.29. The number of hydrogen-bond acceptors (Lipinski definition) is 3. The molecule has 4 heteroatoms. The van der Waals surface area contributed by atoms with E-state index in [0.717, 1.165) is 6.42 Å². The molecule has 0 spiro atoms. The van der Waals surface area contributed by atoms with Crippen molar-refractivity contribution in [3.8, 4) is 0 Å². The molecule has 0 N–H and O–H groups in total. The van der Waals surface area contributed by atoms with Gasteiger partial charge in [-0.25, -0.2) is 4.79 Å². The van der Waals surface area contributed by atoms with Crippen molar-refractivity contribution in [3.05, 3.63) is 35.4 Å². The van der Waals surface area contributed by atoms with Crippen molar-refractivity contribution in [2.45, 2.75) is 13.0 Å². The summed E-state index contributed by atoms with van der Waals surface area (Å²) in [5.74, 6) is 0. The first-order valence-electron chi connectivity index (χ1n) is 4.87. The topological polar surface area (TPSA) is 38.8 Å². The number of fused-ring (bicyclic) bond motifs is 1. The Morgan fingerprint density at radius 2 is 2.07 bits per heavy atom. The number of carbonyl (C=O) groups excluding carboxylic acids is 1. The van der Waals surface area contributed by atoms with Gasteiger partial charge in [-0.15, -0.1) is 0 Å². The second kappa shape index (κ2) is 4.31. The second-order valence-corrected chi connectivity index (χ2v) is 3.46. The lowest BCUT2D eigenvalue weighted by atomic mass is 10.0. The number of nitrogens with zero attached hydrogens (tertiary/aromatic N) is 1. The molecule has 0 saturated heterocycles. The van der Waals surface area contributed by atoms with E-state index in [1.807, 2.05) is 18.2 Å². The predicted molar refractivity (Wildman–Crippen MR) is 54.0 cm³/mol. The van der Waals surface area contributed by atoms with E-state index < -0.39 is 6.09 Å². The van der Waals surface area contributed by atoms with E-state index in [4.69, 9.17) is 0 Å². The summed E-state index contributed by atoms with van der Waals surface area (Å²) in [6, 6.07) is 8.11. The fourth-order valence-corrected chi connectivity index (χ4v) is 1.78. The van der Waals surface area contributed by atoms with E-state index in [0.29, 0.717) is 13.1 Å². The van der Waals surface area contributed by atoms with Gasteiger partial charge in [0.1, 0.15) is 0 Å². The van der Waals surface area contributed by atoms with Gasteiger partial charge in [-0.05, 0) is 17.5 Å². The van der Waals surface area contributed by atoms with Crippen LogP contribution >= 0.6 is 0 Å². The molecule has 0 aliphatic carbocycles. The lowest BCUT2D eigenvalue weighted by Gasteiger charge is -2.27. The Kier molecular flexibility index (Phi) is 2.87. The lowest BCUT2D eigenvalue weighted by molar-refractivity contribution is -0.221. The zero-order valence-corrected chi connectivity index (χ0v) is 8.60. The molecule has 0 radical (unpaired) electrons. The lowest BCUT2D eigenvalue weighted by Crippen LogP contribution is -2.36. The monoisotopic (exact) mass is 207 g/mol. The standard InChI is InChI=1S/C11H13NO3/c1-14-15-11(13)12-7-6-9-4-2-3-5-10(9)8-12/h2-5H,6-8H2,1H3. The van der Waals surface area contributed by atoms with Crippen molar-refractivity contribution in [2.75, 3.05) is 13.7 Å². The Morgan fingerprint density at radius 3 is 2.80 bits per heavy atom. The van der Waals surface area contributed by atoms with Gasteiger partial charge in [-0.3, -0.25) is 4.89 Å². The zero-order valence-electron chi connectivity index (χ0n) is 8.60. The largest absolute Gasteiger partial charge is 0.441 e. The Labute approximate surface area is 88.3 Å². The van der Waals surface area contributed by atoms with E-state index in [1.165, 1.54) is 18.2 Å². The minimum absolute atomic E-state index is 0.424. The molecule has 1 amide bonds. The summed E-state index contributed by atoms with van der Waals surface area (Å²) < 4.78 is 0. The SMILES string of the molecule is COOC(=O)N1CCc2ccccc2C1. The van der Waals surface area contributed by atoms with Gasteiger partial charge in [-0.1, -0.05) is 24.3 Å². The minimum Gasteiger partial charge on any atom is -0.301 e. The molecule has 0 aromatic heterocycles. The predicted octanol–water partition coefficient (Wildman–Crippen LogP) is 1.74. The van der Waals surface area contributed by atoms with Gasteiger partial charge in [0.25, 0.3) is 0 Å². The highest BCUT2D eigenvalue weighted by Crippen LogP contribution is 2.18. The fourth-order valence-electron chi connectivity index (χ4n) is 1.78. The Balaban J connectivity index is 2.08. The average molecular weight is 207 g/mol. The molecular weight excluding hydrogens is 194 g/mol. The van der Waals surface area contributed by atoms with E-state index >= 15 is 0 Å². The first-order valence-corrected chi connectivity index (χ1v) is 4.87. The number of hydrogen-bond donors (Lipinski definition) is 0. The second-order valence-electron chi connectivity index (χ2n) is 3.46. The molecule has 4 nitrogen and oxygen atoms in total. The quantitative estimate of drug-likeness (QED) is 0.520. The molecule has 1 aliphatic rings. The Morgan fingerprint density at radius 1 is 1.33 bits per heavy atom. The normalized spacial score (nSPS) is 14.6. The van der Waals surface area contributed by atoms with Crippen molar-refractivity contribution < 1.29 is 14.6 Å².